The Morgan fingerprint density at radius 2 is 1.65 bits per heavy atom. The van der Waals surface area contributed by atoms with Gasteiger partial charge in [-0.3, -0.25) is 0 Å². The van der Waals surface area contributed by atoms with E-state index in [1.54, 1.807) is 27.8 Å². The van der Waals surface area contributed by atoms with Gasteiger partial charge in [0.1, 0.15) is 5.01 Å². The van der Waals surface area contributed by atoms with Crippen molar-refractivity contribution in [2.75, 3.05) is 13.1 Å². The predicted octanol–water partition coefficient (Wildman–Crippen LogP) is 4.63. The summed E-state index contributed by atoms with van der Waals surface area (Å²) in [7, 11) is -3.44. The lowest BCUT2D eigenvalue weighted by atomic mass is 9.94. The summed E-state index contributed by atoms with van der Waals surface area (Å²) in [5.74, 6) is 0.797. The summed E-state index contributed by atoms with van der Waals surface area (Å²) in [4.78, 5) is 5.01. The molecule has 1 aliphatic heterocycles. The van der Waals surface area contributed by atoms with E-state index in [0.717, 1.165) is 27.2 Å². The summed E-state index contributed by atoms with van der Waals surface area (Å²) in [5.41, 5.74) is 1.92. The molecule has 0 N–H and O–H groups in total. The van der Waals surface area contributed by atoms with E-state index in [2.05, 4.69) is 18.8 Å². The molecule has 0 bridgehead atoms. The van der Waals surface area contributed by atoms with Crippen LogP contribution in [-0.4, -0.2) is 30.8 Å². The van der Waals surface area contributed by atoms with Crippen molar-refractivity contribution in [1.82, 2.24) is 9.29 Å². The summed E-state index contributed by atoms with van der Waals surface area (Å²) in [6.45, 7) is 5.45. The van der Waals surface area contributed by atoms with Gasteiger partial charge in [-0.05, 0) is 42.5 Å². The Morgan fingerprint density at radius 3 is 2.31 bits per heavy atom. The van der Waals surface area contributed by atoms with E-state index in [1.807, 2.05) is 36.4 Å². The maximum Gasteiger partial charge on any atom is 0.243 e. The Labute approximate surface area is 158 Å². The van der Waals surface area contributed by atoms with E-state index in [-0.39, 0.29) is 0 Å². The van der Waals surface area contributed by atoms with E-state index < -0.39 is 10.0 Å². The summed E-state index contributed by atoms with van der Waals surface area (Å²) in [6.07, 6.45) is 1.09. The average molecular weight is 387 g/mol. The number of fused-ring (bicyclic) bond motifs is 1. The molecule has 1 saturated heterocycles. The van der Waals surface area contributed by atoms with Crippen LogP contribution < -0.4 is 0 Å². The standard InChI is InChI=1S/C20H22N2O2S2/c1-14-11-15(2)13-22(12-14)26(23,24)17-9-7-16(8-10-17)20-21-18-5-3-4-6-19(18)25-20/h3-10,14-15H,11-13H2,1-2H3. The maximum atomic E-state index is 13.0. The van der Waals surface area contributed by atoms with E-state index in [1.165, 1.54) is 0 Å². The summed E-state index contributed by atoms with van der Waals surface area (Å²) < 4.78 is 28.7. The molecule has 1 fully saturated rings. The number of benzene rings is 2. The molecule has 0 aliphatic carbocycles. The first kappa shape index (κ1) is 17.6. The number of para-hydroxylation sites is 1. The lowest BCUT2D eigenvalue weighted by Crippen LogP contribution is -2.42. The van der Waals surface area contributed by atoms with Crippen molar-refractivity contribution in [3.8, 4) is 10.6 Å². The topological polar surface area (TPSA) is 50.3 Å². The predicted molar refractivity (Wildman–Crippen MR) is 107 cm³/mol. The van der Waals surface area contributed by atoms with Crippen LogP contribution in [0.5, 0.6) is 0 Å². The van der Waals surface area contributed by atoms with Gasteiger partial charge in [0.15, 0.2) is 0 Å². The molecule has 2 unspecified atom stereocenters. The minimum Gasteiger partial charge on any atom is -0.236 e. The highest BCUT2D eigenvalue weighted by Crippen LogP contribution is 2.32. The monoisotopic (exact) mass is 386 g/mol. The molecule has 6 heteroatoms. The van der Waals surface area contributed by atoms with Crippen LogP contribution in [0.2, 0.25) is 0 Å². The van der Waals surface area contributed by atoms with Crippen LogP contribution in [-0.2, 0) is 10.0 Å². The fraction of sp³-hybridized carbons (Fsp3) is 0.350. The summed E-state index contributed by atoms with van der Waals surface area (Å²) in [5, 5.41) is 0.912. The van der Waals surface area contributed by atoms with Crippen LogP contribution in [0, 0.1) is 11.8 Å². The van der Waals surface area contributed by atoms with Crippen molar-refractivity contribution in [3.05, 3.63) is 48.5 Å². The average Bonchev–Trinajstić information content (AvgIpc) is 3.05. The zero-order chi connectivity index (χ0) is 18.3. The van der Waals surface area contributed by atoms with Crippen molar-refractivity contribution in [3.63, 3.8) is 0 Å². The number of thiazole rings is 1. The van der Waals surface area contributed by atoms with Crippen LogP contribution >= 0.6 is 11.3 Å². The molecule has 0 saturated carbocycles. The number of hydrogen-bond acceptors (Lipinski definition) is 4. The number of sulfonamides is 1. The molecule has 4 rings (SSSR count). The van der Waals surface area contributed by atoms with E-state index in [0.29, 0.717) is 29.8 Å². The third-order valence-corrected chi connectivity index (χ3v) is 7.80. The summed E-state index contributed by atoms with van der Waals surface area (Å²) >= 11 is 1.62. The van der Waals surface area contributed by atoms with E-state index in [4.69, 9.17) is 0 Å². The van der Waals surface area contributed by atoms with Crippen LogP contribution in [0.3, 0.4) is 0 Å². The van der Waals surface area contributed by atoms with Gasteiger partial charge in [-0.15, -0.1) is 11.3 Å². The zero-order valence-corrected chi connectivity index (χ0v) is 16.6. The molecular weight excluding hydrogens is 364 g/mol. The molecule has 1 aromatic heterocycles. The molecule has 2 heterocycles. The molecule has 26 heavy (non-hydrogen) atoms. The second-order valence-electron chi connectivity index (χ2n) is 7.28. The van der Waals surface area contributed by atoms with Crippen molar-refractivity contribution in [2.45, 2.75) is 25.2 Å². The Morgan fingerprint density at radius 1 is 1.00 bits per heavy atom. The Hall–Kier alpha value is -1.76. The van der Waals surface area contributed by atoms with Gasteiger partial charge in [-0.25, -0.2) is 13.4 Å². The molecular formula is C20H22N2O2S2. The minimum atomic E-state index is -3.44. The van der Waals surface area contributed by atoms with Crippen molar-refractivity contribution in [1.29, 1.82) is 0 Å². The van der Waals surface area contributed by atoms with Gasteiger partial charge in [0.25, 0.3) is 0 Å². The maximum absolute atomic E-state index is 13.0. The van der Waals surface area contributed by atoms with Gasteiger partial charge < -0.3 is 0 Å². The first-order chi connectivity index (χ1) is 12.4. The van der Waals surface area contributed by atoms with Crippen molar-refractivity contribution >= 4 is 31.6 Å². The lowest BCUT2D eigenvalue weighted by Gasteiger charge is -2.34. The molecule has 0 radical (unpaired) electrons. The molecule has 0 amide bonds. The molecule has 2 atom stereocenters. The van der Waals surface area contributed by atoms with Gasteiger partial charge in [-0.2, -0.15) is 4.31 Å². The lowest BCUT2D eigenvalue weighted by molar-refractivity contribution is 0.222. The molecule has 2 aromatic carbocycles. The molecule has 1 aliphatic rings. The normalized spacial score (nSPS) is 21.9. The highest BCUT2D eigenvalue weighted by atomic mass is 32.2. The van der Waals surface area contributed by atoms with Crippen molar-refractivity contribution in [2.24, 2.45) is 11.8 Å². The smallest absolute Gasteiger partial charge is 0.236 e. The van der Waals surface area contributed by atoms with Gasteiger partial charge in [-0.1, -0.05) is 38.1 Å². The number of rotatable bonds is 3. The van der Waals surface area contributed by atoms with Gasteiger partial charge in [0, 0.05) is 18.7 Å². The SMILES string of the molecule is CC1CC(C)CN(S(=O)(=O)c2ccc(-c3nc4ccccc4s3)cc2)C1. The third-order valence-electron chi connectivity index (χ3n) is 4.87. The van der Waals surface area contributed by atoms with E-state index >= 15 is 0 Å². The number of hydrogen-bond donors (Lipinski definition) is 0. The van der Waals surface area contributed by atoms with Gasteiger partial charge >= 0.3 is 0 Å². The fourth-order valence-corrected chi connectivity index (χ4v) is 6.37. The highest BCUT2D eigenvalue weighted by molar-refractivity contribution is 7.89. The van der Waals surface area contributed by atoms with Crippen LogP contribution in [0.4, 0.5) is 0 Å². The zero-order valence-electron chi connectivity index (χ0n) is 14.9. The Bertz CT molecular complexity index is 982. The largest absolute Gasteiger partial charge is 0.243 e. The molecule has 3 aromatic rings. The van der Waals surface area contributed by atoms with Crippen LogP contribution in [0.25, 0.3) is 20.8 Å². The van der Waals surface area contributed by atoms with E-state index in [9.17, 15) is 8.42 Å². The van der Waals surface area contributed by atoms with Crippen molar-refractivity contribution < 1.29 is 8.42 Å². The number of nitrogens with zero attached hydrogens (tertiary/aromatic N) is 2. The van der Waals surface area contributed by atoms with Crippen LogP contribution in [0.1, 0.15) is 20.3 Å². The third kappa shape index (κ3) is 3.29. The molecule has 0 spiro atoms. The fourth-order valence-electron chi connectivity index (χ4n) is 3.72. The molecule has 136 valence electrons. The minimum absolute atomic E-state index is 0.365. The second-order valence-corrected chi connectivity index (χ2v) is 10.2. The van der Waals surface area contributed by atoms with Gasteiger partial charge in [0.05, 0.1) is 15.1 Å². The first-order valence-corrected chi connectivity index (χ1v) is 11.2. The Balaban J connectivity index is 1.62. The molecule has 4 nitrogen and oxygen atoms in total. The van der Waals surface area contributed by atoms with Gasteiger partial charge in [0.2, 0.25) is 10.0 Å². The summed E-state index contributed by atoms with van der Waals surface area (Å²) in [6, 6.07) is 15.2. The number of piperidine rings is 1. The first-order valence-electron chi connectivity index (χ1n) is 8.89. The Kier molecular flexibility index (Phi) is 4.59. The number of aromatic nitrogens is 1. The second kappa shape index (κ2) is 6.76. The quantitative estimate of drug-likeness (QED) is 0.659. The van der Waals surface area contributed by atoms with Crippen LogP contribution in [0.15, 0.2) is 53.4 Å². The highest BCUT2D eigenvalue weighted by Gasteiger charge is 2.31.